The molecule has 8 aromatic carbocycles. The predicted octanol–water partition coefficient (Wildman–Crippen LogP) is 13.1. The van der Waals surface area contributed by atoms with Crippen LogP contribution in [0.3, 0.4) is 0 Å². The van der Waals surface area contributed by atoms with Gasteiger partial charge in [0.25, 0.3) is 0 Å². The van der Waals surface area contributed by atoms with Gasteiger partial charge < -0.3 is 0 Å². The predicted molar refractivity (Wildman–Crippen MR) is 275 cm³/mol. The molecule has 0 amide bonds. The molecule has 0 fully saturated rings. The van der Waals surface area contributed by atoms with E-state index in [0.717, 1.165) is 0 Å². The zero-order valence-corrected chi connectivity index (χ0v) is 40.7. The molecule has 8 rings (SSSR count). The molecule has 0 spiro atoms. The van der Waals surface area contributed by atoms with Crippen LogP contribution in [0.4, 0.5) is 0 Å². The highest BCUT2D eigenvalue weighted by molar-refractivity contribution is 7.19. The maximum absolute atomic E-state index is 2.85. The Bertz CT molecular complexity index is 2520. The first kappa shape index (κ1) is 43.6. The van der Waals surface area contributed by atoms with Gasteiger partial charge in [-0.15, -0.1) is 0 Å². The Kier molecular flexibility index (Phi) is 12.2. The topological polar surface area (TPSA) is 0 Å². The average molecular weight is 837 g/mol. The van der Waals surface area contributed by atoms with E-state index in [-0.39, 0.29) is 11.8 Å². The summed E-state index contributed by atoms with van der Waals surface area (Å²) in [5.41, 5.74) is 24.4. The average Bonchev–Trinajstić information content (AvgIpc) is 3.23. The van der Waals surface area contributed by atoms with Crippen LogP contribution in [0.5, 0.6) is 0 Å². The minimum absolute atomic E-state index is 0.114. The molecule has 0 saturated heterocycles. The molecule has 1 heteroatoms. The summed E-state index contributed by atoms with van der Waals surface area (Å²) in [6.45, 7) is 27.3. The summed E-state index contributed by atoms with van der Waals surface area (Å²) in [5.74, 6) is 0.228. The van der Waals surface area contributed by atoms with Crippen molar-refractivity contribution in [2.45, 2.75) is 94.9 Å². The third-order valence-corrected chi connectivity index (χ3v) is 18.7. The molecule has 0 bridgehead atoms. The van der Waals surface area contributed by atoms with Crippen LogP contribution in [0.15, 0.2) is 158 Å². The van der Waals surface area contributed by atoms with E-state index in [1.807, 2.05) is 0 Å². The van der Waals surface area contributed by atoms with E-state index in [1.54, 1.807) is 0 Å². The lowest BCUT2D eigenvalue weighted by Gasteiger charge is -2.35. The van der Waals surface area contributed by atoms with Crippen molar-refractivity contribution in [1.29, 1.82) is 0 Å². The van der Waals surface area contributed by atoms with Crippen molar-refractivity contribution in [3.8, 4) is 0 Å². The SMILES string of the molecule is Cc1cc(C)c(C(c2ccc([Si](c3ccccc3)(c3ccccc3)c3ccc(C(c4c(C)cc(C)cc4C)c4c(C)cc(C)cc4C)cc3)cc2)c2c(C)cc(C)cc2C)c(C)c1. The van der Waals surface area contributed by atoms with Crippen LogP contribution < -0.4 is 20.7 Å². The van der Waals surface area contributed by atoms with Crippen molar-refractivity contribution < 1.29 is 0 Å². The van der Waals surface area contributed by atoms with Crippen LogP contribution in [0, 0.1) is 83.1 Å². The van der Waals surface area contributed by atoms with Gasteiger partial charge >= 0.3 is 0 Å². The quantitative estimate of drug-likeness (QED) is 0.0951. The summed E-state index contributed by atoms with van der Waals surface area (Å²) in [7, 11) is -2.85. The fourth-order valence-corrected chi connectivity index (χ4v) is 16.5. The Labute approximate surface area is 379 Å². The van der Waals surface area contributed by atoms with E-state index >= 15 is 0 Å². The molecule has 0 radical (unpaired) electrons. The molecule has 0 aliphatic heterocycles. The van der Waals surface area contributed by atoms with Gasteiger partial charge in [0.2, 0.25) is 0 Å². The Balaban J connectivity index is 1.36. The number of hydrogen-bond donors (Lipinski definition) is 0. The first-order chi connectivity index (χ1) is 30.2. The first-order valence-corrected chi connectivity index (χ1v) is 24.8. The largest absolute Gasteiger partial charge is 0.179 e. The molecule has 0 N–H and O–H groups in total. The minimum atomic E-state index is -2.85. The molecule has 316 valence electrons. The van der Waals surface area contributed by atoms with Gasteiger partial charge in [0.1, 0.15) is 0 Å². The standard InChI is InChI=1S/C62H64Si/c1-39-31-43(5)57(44(6)32-39)61(58-45(7)33-40(2)34-46(58)8)51-23-27-55(28-24-51)63(53-19-15-13-16-20-53,54-21-17-14-18-22-54)56-29-25-52(26-30-56)62(59-47(9)35-41(3)36-48(59)10)60-49(11)37-42(4)38-50(60)12/h13-38,61-62H,1-12H3. The highest BCUT2D eigenvalue weighted by Crippen LogP contribution is 2.41. The Morgan fingerprint density at radius 1 is 0.254 bits per heavy atom. The van der Waals surface area contributed by atoms with Gasteiger partial charge in [0.05, 0.1) is 0 Å². The van der Waals surface area contributed by atoms with Crippen LogP contribution in [0.2, 0.25) is 0 Å². The van der Waals surface area contributed by atoms with E-state index in [9.17, 15) is 0 Å². The van der Waals surface area contributed by atoms with Gasteiger partial charge in [-0.1, -0.05) is 180 Å². The number of rotatable bonds is 10. The summed E-state index contributed by atoms with van der Waals surface area (Å²) >= 11 is 0. The minimum Gasteiger partial charge on any atom is -0.0623 e. The smallest absolute Gasteiger partial charge is 0.0623 e. The fourth-order valence-electron chi connectivity index (χ4n) is 11.8. The number of hydrogen-bond acceptors (Lipinski definition) is 0. The normalized spacial score (nSPS) is 11.8. The third-order valence-electron chi connectivity index (χ3n) is 13.9. The second-order valence-electron chi connectivity index (χ2n) is 18.8. The van der Waals surface area contributed by atoms with Gasteiger partial charge in [-0.05, 0) is 182 Å². The fraction of sp³-hybridized carbons (Fsp3) is 0.226. The molecular weight excluding hydrogens is 773 g/mol. The van der Waals surface area contributed by atoms with E-state index < -0.39 is 8.07 Å². The maximum atomic E-state index is 2.49. The van der Waals surface area contributed by atoms with Gasteiger partial charge in [-0.25, -0.2) is 0 Å². The van der Waals surface area contributed by atoms with E-state index in [2.05, 4.69) is 241 Å². The van der Waals surface area contributed by atoms with E-state index in [4.69, 9.17) is 0 Å². The molecule has 0 saturated carbocycles. The summed E-state index contributed by atoms with van der Waals surface area (Å²) in [4.78, 5) is 0. The number of aryl methyl sites for hydroxylation is 12. The molecule has 63 heavy (non-hydrogen) atoms. The van der Waals surface area contributed by atoms with Crippen LogP contribution in [0.1, 0.15) is 112 Å². The Hall–Kier alpha value is -6.02. The summed E-state index contributed by atoms with van der Waals surface area (Å²) < 4.78 is 0. The molecule has 0 nitrogen and oxygen atoms in total. The molecule has 0 atom stereocenters. The van der Waals surface area contributed by atoms with Gasteiger partial charge in [0, 0.05) is 11.8 Å². The first-order valence-electron chi connectivity index (χ1n) is 22.8. The highest BCUT2D eigenvalue weighted by atomic mass is 28.3. The Morgan fingerprint density at radius 3 is 0.683 bits per heavy atom. The van der Waals surface area contributed by atoms with Crippen molar-refractivity contribution in [3.05, 3.63) is 258 Å². The molecule has 0 heterocycles. The second-order valence-corrected chi connectivity index (χ2v) is 22.7. The summed E-state index contributed by atoms with van der Waals surface area (Å²) in [5, 5.41) is 5.54. The van der Waals surface area contributed by atoms with Crippen molar-refractivity contribution >= 4 is 28.8 Å². The molecule has 0 aromatic heterocycles. The molecule has 0 aliphatic rings. The van der Waals surface area contributed by atoms with E-state index in [0.29, 0.717) is 0 Å². The zero-order chi connectivity index (χ0) is 44.7. The monoisotopic (exact) mass is 836 g/mol. The lowest BCUT2D eigenvalue weighted by molar-refractivity contribution is 0.920. The van der Waals surface area contributed by atoms with Gasteiger partial charge in [0.15, 0.2) is 8.07 Å². The highest BCUT2D eigenvalue weighted by Gasteiger charge is 2.42. The summed E-state index contributed by atoms with van der Waals surface area (Å²) in [6.07, 6.45) is 0. The van der Waals surface area contributed by atoms with Crippen LogP contribution >= 0.6 is 0 Å². The summed E-state index contributed by atoms with van der Waals surface area (Å²) in [6, 6.07) is 61.4. The van der Waals surface area contributed by atoms with Gasteiger partial charge in [-0.3, -0.25) is 0 Å². The van der Waals surface area contributed by atoms with Crippen molar-refractivity contribution in [2.75, 3.05) is 0 Å². The van der Waals surface area contributed by atoms with Crippen molar-refractivity contribution in [3.63, 3.8) is 0 Å². The van der Waals surface area contributed by atoms with Gasteiger partial charge in [-0.2, -0.15) is 0 Å². The molecule has 0 aliphatic carbocycles. The maximum Gasteiger partial charge on any atom is 0.179 e. The molecular formula is C62H64Si. The zero-order valence-electron chi connectivity index (χ0n) is 39.7. The van der Waals surface area contributed by atoms with Crippen LogP contribution in [0.25, 0.3) is 0 Å². The van der Waals surface area contributed by atoms with Crippen LogP contribution in [-0.2, 0) is 0 Å². The third kappa shape index (κ3) is 8.09. The second kappa shape index (κ2) is 17.6. The molecule has 0 unspecified atom stereocenters. The Morgan fingerprint density at radius 2 is 0.460 bits per heavy atom. The number of benzene rings is 8. The lowest BCUT2D eigenvalue weighted by Crippen LogP contribution is -2.74. The van der Waals surface area contributed by atoms with Crippen molar-refractivity contribution in [2.24, 2.45) is 0 Å². The van der Waals surface area contributed by atoms with Crippen molar-refractivity contribution in [1.82, 2.24) is 0 Å². The van der Waals surface area contributed by atoms with Crippen LogP contribution in [-0.4, -0.2) is 8.07 Å². The lowest BCUT2D eigenvalue weighted by atomic mass is 9.77. The van der Waals surface area contributed by atoms with E-state index in [1.165, 1.54) is 121 Å². The molecule has 8 aromatic rings.